The summed E-state index contributed by atoms with van der Waals surface area (Å²) in [5.74, 6) is -0.551. The number of nitrogens with zero attached hydrogens (tertiary/aromatic N) is 1. The molecule has 2 amide bonds. The van der Waals surface area contributed by atoms with E-state index in [0.717, 1.165) is 6.08 Å². The molecule has 0 aromatic heterocycles. The van der Waals surface area contributed by atoms with Crippen LogP contribution in [0.25, 0.3) is 0 Å². The van der Waals surface area contributed by atoms with Crippen molar-refractivity contribution in [2.24, 2.45) is 11.5 Å². The van der Waals surface area contributed by atoms with Crippen molar-refractivity contribution in [2.45, 2.75) is 13.2 Å². The third kappa shape index (κ3) is 6.54. The van der Waals surface area contributed by atoms with Crippen LogP contribution in [0.5, 0.6) is 0 Å². The van der Waals surface area contributed by atoms with Crippen molar-refractivity contribution >= 4 is 12.0 Å². The van der Waals surface area contributed by atoms with Gasteiger partial charge in [-0.3, -0.25) is 4.90 Å². The lowest BCUT2D eigenvalue weighted by Crippen LogP contribution is -2.45. The second-order valence-corrected chi connectivity index (χ2v) is 3.16. The zero-order chi connectivity index (χ0) is 13.3. The molecule has 98 valence electrons. The molecule has 7 nitrogen and oxygen atoms in total. The zero-order valence-electron chi connectivity index (χ0n) is 9.93. The van der Waals surface area contributed by atoms with Gasteiger partial charge in [0.05, 0.1) is 13.2 Å². The van der Waals surface area contributed by atoms with Crippen molar-refractivity contribution in [3.8, 4) is 0 Å². The lowest BCUT2D eigenvalue weighted by molar-refractivity contribution is -0.138. The van der Waals surface area contributed by atoms with E-state index in [1.54, 1.807) is 6.92 Å². The molecule has 0 rings (SSSR count). The molecule has 0 aliphatic heterocycles. The molecular weight excluding hydrogens is 226 g/mol. The van der Waals surface area contributed by atoms with E-state index in [9.17, 15) is 9.59 Å². The van der Waals surface area contributed by atoms with Crippen LogP contribution in [-0.2, 0) is 14.3 Å². The van der Waals surface area contributed by atoms with Crippen LogP contribution in [0.3, 0.4) is 0 Å². The molecule has 7 heteroatoms. The molecule has 0 radical (unpaired) electrons. The molecule has 0 saturated heterocycles. The summed E-state index contributed by atoms with van der Waals surface area (Å²) in [5, 5.41) is 0. The van der Waals surface area contributed by atoms with Crippen molar-refractivity contribution in [3.05, 3.63) is 12.7 Å². The Morgan fingerprint density at radius 1 is 1.47 bits per heavy atom. The van der Waals surface area contributed by atoms with Gasteiger partial charge in [-0.05, 0) is 6.92 Å². The van der Waals surface area contributed by atoms with Crippen LogP contribution < -0.4 is 11.5 Å². The molecule has 0 aromatic rings. The molecule has 0 aromatic carbocycles. The summed E-state index contributed by atoms with van der Waals surface area (Å²) < 4.78 is 9.98. The first kappa shape index (κ1) is 15.4. The first-order valence-electron chi connectivity index (χ1n) is 5.19. The average molecular weight is 245 g/mol. The summed E-state index contributed by atoms with van der Waals surface area (Å²) in [6.45, 7) is 5.76. The first-order valence-corrected chi connectivity index (χ1v) is 5.19. The normalized spacial score (nSPS) is 11.6. The number of amides is 2. The Kier molecular flexibility index (Phi) is 7.74. The van der Waals surface area contributed by atoms with Gasteiger partial charge in [0.1, 0.15) is 12.8 Å². The van der Waals surface area contributed by atoms with E-state index in [4.69, 9.17) is 20.9 Å². The molecule has 0 spiro atoms. The minimum Gasteiger partial charge on any atom is -0.461 e. The second-order valence-electron chi connectivity index (χ2n) is 3.16. The summed E-state index contributed by atoms with van der Waals surface area (Å²) in [4.78, 5) is 23.1. The maximum atomic E-state index is 11.1. The molecule has 0 heterocycles. The van der Waals surface area contributed by atoms with Gasteiger partial charge < -0.3 is 20.9 Å². The van der Waals surface area contributed by atoms with Crippen LogP contribution in [0.4, 0.5) is 4.79 Å². The average Bonchev–Trinajstić information content (AvgIpc) is 2.30. The van der Waals surface area contributed by atoms with Gasteiger partial charge in [0, 0.05) is 12.6 Å². The number of rotatable bonds is 8. The molecule has 1 atom stereocenters. The van der Waals surface area contributed by atoms with Crippen LogP contribution in [0.1, 0.15) is 6.92 Å². The van der Waals surface area contributed by atoms with E-state index in [-0.39, 0.29) is 13.2 Å². The highest BCUT2D eigenvalue weighted by molar-refractivity contribution is 5.81. The van der Waals surface area contributed by atoms with Crippen molar-refractivity contribution < 1.29 is 19.1 Å². The number of esters is 1. The van der Waals surface area contributed by atoms with Crippen LogP contribution in [0, 0.1) is 0 Å². The fraction of sp³-hybridized carbons (Fsp3) is 0.600. The SMILES string of the molecule is C=CC(=O)OCCN(C(N)=O)C(C)OCCN. The van der Waals surface area contributed by atoms with E-state index in [1.165, 1.54) is 4.90 Å². The second kappa shape index (κ2) is 8.54. The molecule has 0 aliphatic carbocycles. The number of carbonyl (C=O) groups excluding carboxylic acids is 2. The molecular formula is C10H19N3O4. The summed E-state index contributed by atoms with van der Waals surface area (Å²) in [5.41, 5.74) is 10.4. The standard InChI is InChI=1S/C10H19N3O4/c1-3-9(14)17-7-5-13(10(12)15)8(2)16-6-4-11/h3,8H,1,4-7,11H2,2H3,(H2,12,15). The van der Waals surface area contributed by atoms with Gasteiger partial charge in [-0.2, -0.15) is 0 Å². The van der Waals surface area contributed by atoms with Gasteiger partial charge in [-0.15, -0.1) is 0 Å². The maximum absolute atomic E-state index is 11.1. The van der Waals surface area contributed by atoms with Gasteiger partial charge in [0.15, 0.2) is 0 Å². The Labute approximate surface area is 100 Å². The first-order chi connectivity index (χ1) is 8.02. The highest BCUT2D eigenvalue weighted by atomic mass is 16.5. The van der Waals surface area contributed by atoms with E-state index in [2.05, 4.69) is 6.58 Å². The smallest absolute Gasteiger partial charge is 0.330 e. The molecule has 0 bridgehead atoms. The summed E-state index contributed by atoms with van der Waals surface area (Å²) in [7, 11) is 0. The van der Waals surface area contributed by atoms with Gasteiger partial charge >= 0.3 is 12.0 Å². The third-order valence-corrected chi connectivity index (χ3v) is 1.94. The molecule has 1 unspecified atom stereocenters. The topological polar surface area (TPSA) is 108 Å². The van der Waals surface area contributed by atoms with Gasteiger partial charge in [0.25, 0.3) is 0 Å². The third-order valence-electron chi connectivity index (χ3n) is 1.94. The number of primary amides is 1. The van der Waals surface area contributed by atoms with Gasteiger partial charge in [0.2, 0.25) is 0 Å². The molecule has 0 fully saturated rings. The number of hydrogen-bond donors (Lipinski definition) is 2. The zero-order valence-corrected chi connectivity index (χ0v) is 9.93. The predicted molar refractivity (Wildman–Crippen MR) is 61.9 cm³/mol. The van der Waals surface area contributed by atoms with E-state index >= 15 is 0 Å². The molecule has 0 saturated carbocycles. The molecule has 0 aliphatic rings. The lowest BCUT2D eigenvalue weighted by atomic mass is 10.5. The molecule has 17 heavy (non-hydrogen) atoms. The number of nitrogens with two attached hydrogens (primary N) is 2. The highest BCUT2D eigenvalue weighted by Gasteiger charge is 2.17. The molecule has 4 N–H and O–H groups in total. The summed E-state index contributed by atoms with van der Waals surface area (Å²) in [6, 6.07) is -0.649. The Morgan fingerprint density at radius 3 is 2.59 bits per heavy atom. The summed E-state index contributed by atoms with van der Waals surface area (Å²) >= 11 is 0. The minimum atomic E-state index is -0.649. The maximum Gasteiger partial charge on any atom is 0.330 e. The van der Waals surface area contributed by atoms with Crippen molar-refractivity contribution in [1.82, 2.24) is 4.90 Å². The van der Waals surface area contributed by atoms with Crippen molar-refractivity contribution in [1.29, 1.82) is 0 Å². The lowest BCUT2D eigenvalue weighted by Gasteiger charge is -2.26. The Hall–Kier alpha value is -1.60. The van der Waals surface area contributed by atoms with Crippen LogP contribution in [-0.4, -0.2) is 49.4 Å². The Balaban J connectivity index is 4.10. The number of carbonyl (C=O) groups is 2. The fourth-order valence-electron chi connectivity index (χ4n) is 1.10. The Morgan fingerprint density at radius 2 is 2.12 bits per heavy atom. The van der Waals surface area contributed by atoms with Crippen molar-refractivity contribution in [3.63, 3.8) is 0 Å². The Bertz CT molecular complexity index is 270. The van der Waals surface area contributed by atoms with Crippen LogP contribution in [0.15, 0.2) is 12.7 Å². The van der Waals surface area contributed by atoms with Gasteiger partial charge in [-0.25, -0.2) is 9.59 Å². The summed E-state index contributed by atoms with van der Waals surface area (Å²) in [6.07, 6.45) is 0.529. The largest absolute Gasteiger partial charge is 0.461 e. The van der Waals surface area contributed by atoms with Crippen molar-refractivity contribution in [2.75, 3.05) is 26.3 Å². The van der Waals surface area contributed by atoms with E-state index < -0.39 is 18.2 Å². The number of hydrogen-bond acceptors (Lipinski definition) is 5. The van der Waals surface area contributed by atoms with Crippen LogP contribution >= 0.6 is 0 Å². The number of ether oxygens (including phenoxy) is 2. The van der Waals surface area contributed by atoms with Crippen LogP contribution in [0.2, 0.25) is 0 Å². The number of urea groups is 1. The van der Waals surface area contributed by atoms with E-state index in [0.29, 0.717) is 13.2 Å². The predicted octanol–water partition coefficient (Wildman–Crippen LogP) is -0.582. The quantitative estimate of drug-likeness (QED) is 0.338. The van der Waals surface area contributed by atoms with Gasteiger partial charge in [-0.1, -0.05) is 6.58 Å². The van der Waals surface area contributed by atoms with E-state index in [1.807, 2.05) is 0 Å². The monoisotopic (exact) mass is 245 g/mol. The highest BCUT2D eigenvalue weighted by Crippen LogP contribution is 2.00. The minimum absolute atomic E-state index is 0.0319. The fourth-order valence-corrected chi connectivity index (χ4v) is 1.10.